The number of amides is 1. The van der Waals surface area contributed by atoms with E-state index in [1.54, 1.807) is 18.2 Å². The largest absolute Gasteiger partial charge is 0.366 e. The van der Waals surface area contributed by atoms with E-state index in [0.717, 1.165) is 0 Å². The second kappa shape index (κ2) is 3.20. The summed E-state index contributed by atoms with van der Waals surface area (Å²) in [6.45, 7) is 0. The first kappa shape index (κ1) is 9.92. The van der Waals surface area contributed by atoms with Crippen molar-refractivity contribution in [1.29, 1.82) is 0 Å². The van der Waals surface area contributed by atoms with E-state index in [1.807, 2.05) is 0 Å². The summed E-state index contributed by atoms with van der Waals surface area (Å²) in [5.41, 5.74) is 5.73. The van der Waals surface area contributed by atoms with Crippen LogP contribution in [0.3, 0.4) is 0 Å². The molecule has 4 nitrogen and oxygen atoms in total. The van der Waals surface area contributed by atoms with Gasteiger partial charge in [-0.3, -0.25) is 4.79 Å². The van der Waals surface area contributed by atoms with Crippen LogP contribution in [-0.2, 0) is 14.6 Å². The van der Waals surface area contributed by atoms with Gasteiger partial charge in [-0.1, -0.05) is 18.2 Å². The van der Waals surface area contributed by atoms with Gasteiger partial charge in [-0.25, -0.2) is 8.42 Å². The number of primary amides is 1. The Labute approximate surface area is 87.3 Å². The Hall–Kier alpha value is -1.62. The van der Waals surface area contributed by atoms with Crippen LogP contribution in [0.25, 0.3) is 6.08 Å². The maximum atomic E-state index is 11.7. The van der Waals surface area contributed by atoms with Crippen LogP contribution in [0.1, 0.15) is 5.56 Å². The van der Waals surface area contributed by atoms with E-state index in [9.17, 15) is 13.2 Å². The molecule has 5 heteroatoms. The molecule has 0 unspecified atom stereocenters. The summed E-state index contributed by atoms with van der Waals surface area (Å²) in [5.74, 6) is -0.993. The average Bonchev–Trinajstić information content (AvgIpc) is 2.16. The van der Waals surface area contributed by atoms with E-state index >= 15 is 0 Å². The van der Waals surface area contributed by atoms with E-state index in [-0.39, 0.29) is 16.2 Å². The van der Waals surface area contributed by atoms with Crippen molar-refractivity contribution >= 4 is 21.8 Å². The van der Waals surface area contributed by atoms with Gasteiger partial charge in [0.2, 0.25) is 5.91 Å². The fraction of sp³-hybridized carbons (Fsp3) is 0.100. The Balaban J connectivity index is 2.69. The molecule has 0 radical (unpaired) electrons. The molecule has 1 aromatic carbocycles. The first-order chi connectivity index (χ1) is 7.00. The van der Waals surface area contributed by atoms with E-state index in [2.05, 4.69) is 0 Å². The molecule has 1 heterocycles. The predicted molar refractivity (Wildman–Crippen MR) is 55.7 cm³/mol. The summed E-state index contributed by atoms with van der Waals surface area (Å²) in [5, 5.41) is 0. The third-order valence-corrected chi connectivity index (χ3v) is 3.98. The molecule has 0 aliphatic carbocycles. The van der Waals surface area contributed by atoms with E-state index < -0.39 is 15.7 Å². The number of sulfone groups is 1. The van der Waals surface area contributed by atoms with Crippen molar-refractivity contribution in [3.63, 3.8) is 0 Å². The fourth-order valence-electron chi connectivity index (χ4n) is 1.54. The summed E-state index contributed by atoms with van der Waals surface area (Å²) >= 11 is 0. The highest BCUT2D eigenvalue weighted by atomic mass is 32.2. The molecule has 1 aromatic rings. The molecular weight excluding hydrogens is 214 g/mol. The second-order valence-corrected chi connectivity index (χ2v) is 5.29. The van der Waals surface area contributed by atoms with Gasteiger partial charge >= 0.3 is 0 Å². The lowest BCUT2D eigenvalue weighted by molar-refractivity contribution is -0.114. The average molecular weight is 223 g/mol. The molecule has 1 aliphatic rings. The van der Waals surface area contributed by atoms with E-state index in [4.69, 9.17) is 5.73 Å². The molecule has 0 bridgehead atoms. The van der Waals surface area contributed by atoms with Crippen molar-refractivity contribution in [2.75, 3.05) is 5.75 Å². The van der Waals surface area contributed by atoms with Gasteiger partial charge in [-0.15, -0.1) is 0 Å². The van der Waals surface area contributed by atoms with Gasteiger partial charge < -0.3 is 5.73 Å². The van der Waals surface area contributed by atoms with Crippen molar-refractivity contribution in [2.45, 2.75) is 4.90 Å². The highest BCUT2D eigenvalue weighted by molar-refractivity contribution is 7.91. The normalized spacial score (nSPS) is 17.7. The lowest BCUT2D eigenvalue weighted by atomic mass is 10.1. The van der Waals surface area contributed by atoms with Gasteiger partial charge in [0.1, 0.15) is 0 Å². The quantitative estimate of drug-likeness (QED) is 0.745. The molecule has 2 rings (SSSR count). The Morgan fingerprint density at radius 1 is 1.27 bits per heavy atom. The van der Waals surface area contributed by atoms with Crippen LogP contribution < -0.4 is 5.73 Å². The van der Waals surface area contributed by atoms with Crippen LogP contribution in [0.15, 0.2) is 34.7 Å². The van der Waals surface area contributed by atoms with Gasteiger partial charge in [-0.2, -0.15) is 0 Å². The zero-order chi connectivity index (χ0) is 11.1. The first-order valence-electron chi connectivity index (χ1n) is 4.33. The highest BCUT2D eigenvalue weighted by Gasteiger charge is 2.26. The molecule has 0 atom stereocenters. The zero-order valence-corrected chi connectivity index (χ0v) is 8.62. The summed E-state index contributed by atoms with van der Waals surface area (Å²) in [6.07, 6.45) is 1.53. The standard InChI is InChI=1S/C10H9NO3S/c11-10(12)8-5-7-3-1-2-4-9(7)15(13,14)6-8/h1-5H,6H2,(H2,11,12). The molecule has 0 saturated heterocycles. The van der Waals surface area contributed by atoms with Gasteiger partial charge in [-0.05, 0) is 17.7 Å². The first-order valence-corrected chi connectivity index (χ1v) is 5.98. The van der Waals surface area contributed by atoms with Crippen molar-refractivity contribution in [2.24, 2.45) is 5.73 Å². The predicted octanol–water partition coefficient (Wildman–Crippen LogP) is 0.343. The summed E-state index contributed by atoms with van der Waals surface area (Å²) < 4.78 is 23.5. The van der Waals surface area contributed by atoms with Gasteiger partial charge in [0.25, 0.3) is 0 Å². The minimum absolute atomic E-state index is 0.133. The van der Waals surface area contributed by atoms with Crippen LogP contribution in [0.5, 0.6) is 0 Å². The number of rotatable bonds is 1. The van der Waals surface area contributed by atoms with E-state index in [0.29, 0.717) is 5.56 Å². The Morgan fingerprint density at radius 3 is 2.60 bits per heavy atom. The number of hydrogen-bond donors (Lipinski definition) is 1. The topological polar surface area (TPSA) is 77.2 Å². The fourth-order valence-corrected chi connectivity index (χ4v) is 3.10. The number of nitrogens with two attached hydrogens (primary N) is 1. The second-order valence-electron chi connectivity index (χ2n) is 3.33. The molecule has 15 heavy (non-hydrogen) atoms. The number of fused-ring (bicyclic) bond motifs is 1. The summed E-state index contributed by atoms with van der Waals surface area (Å²) in [6, 6.07) is 6.54. The van der Waals surface area contributed by atoms with Crippen molar-refractivity contribution < 1.29 is 13.2 Å². The third-order valence-electron chi connectivity index (χ3n) is 2.25. The molecule has 0 aromatic heterocycles. The molecule has 78 valence electrons. The maximum absolute atomic E-state index is 11.7. The molecule has 0 fully saturated rings. The van der Waals surface area contributed by atoms with Crippen LogP contribution in [0.4, 0.5) is 0 Å². The SMILES string of the molecule is NC(=O)C1=Cc2ccccc2S(=O)(=O)C1. The minimum atomic E-state index is -3.41. The molecular formula is C10H9NO3S. The molecule has 0 spiro atoms. The number of hydrogen-bond acceptors (Lipinski definition) is 3. The molecule has 1 aliphatic heterocycles. The number of benzene rings is 1. The minimum Gasteiger partial charge on any atom is -0.366 e. The highest BCUT2D eigenvalue weighted by Crippen LogP contribution is 2.26. The van der Waals surface area contributed by atoms with E-state index in [1.165, 1.54) is 12.1 Å². The van der Waals surface area contributed by atoms with Gasteiger partial charge in [0, 0.05) is 5.57 Å². The number of carbonyl (C=O) groups is 1. The van der Waals surface area contributed by atoms with Crippen LogP contribution in [0.2, 0.25) is 0 Å². The van der Waals surface area contributed by atoms with Crippen LogP contribution in [-0.4, -0.2) is 20.1 Å². The van der Waals surface area contributed by atoms with Crippen molar-refractivity contribution in [3.8, 4) is 0 Å². The molecule has 1 amide bonds. The van der Waals surface area contributed by atoms with Gasteiger partial charge in [0.05, 0.1) is 10.6 Å². The number of carbonyl (C=O) groups excluding carboxylic acids is 1. The van der Waals surface area contributed by atoms with Crippen LogP contribution >= 0.6 is 0 Å². The smallest absolute Gasteiger partial charge is 0.245 e. The Kier molecular flexibility index (Phi) is 2.12. The molecule has 0 saturated carbocycles. The summed E-state index contributed by atoms with van der Waals surface area (Å²) in [4.78, 5) is 11.2. The Bertz CT molecular complexity index is 558. The van der Waals surface area contributed by atoms with Crippen molar-refractivity contribution in [3.05, 3.63) is 35.4 Å². The maximum Gasteiger partial charge on any atom is 0.245 e. The summed E-state index contributed by atoms with van der Waals surface area (Å²) in [7, 11) is -3.41. The monoisotopic (exact) mass is 223 g/mol. The van der Waals surface area contributed by atoms with Gasteiger partial charge in [0.15, 0.2) is 9.84 Å². The molecule has 2 N–H and O–H groups in total. The lowest BCUT2D eigenvalue weighted by Gasteiger charge is -2.14. The lowest BCUT2D eigenvalue weighted by Crippen LogP contribution is -2.24. The van der Waals surface area contributed by atoms with Crippen LogP contribution in [0, 0.1) is 0 Å². The third kappa shape index (κ3) is 1.66. The zero-order valence-electron chi connectivity index (χ0n) is 7.80. The Morgan fingerprint density at radius 2 is 1.93 bits per heavy atom. The van der Waals surface area contributed by atoms with Crippen molar-refractivity contribution in [1.82, 2.24) is 0 Å².